The summed E-state index contributed by atoms with van der Waals surface area (Å²) in [4.78, 5) is 17.7. The monoisotopic (exact) mass is 423 g/mol. The first-order valence-corrected chi connectivity index (χ1v) is 10.8. The van der Waals surface area contributed by atoms with Gasteiger partial charge in [-0.1, -0.05) is 11.8 Å². The number of methoxy groups -OCH3 is 1. The van der Waals surface area contributed by atoms with E-state index < -0.39 is 0 Å². The molecule has 0 N–H and O–H groups in total. The van der Waals surface area contributed by atoms with E-state index in [4.69, 9.17) is 4.74 Å². The number of pyridine rings is 1. The lowest BCUT2D eigenvalue weighted by Gasteiger charge is -2.09. The summed E-state index contributed by atoms with van der Waals surface area (Å²) in [7, 11) is 1.66. The van der Waals surface area contributed by atoms with Gasteiger partial charge in [0.15, 0.2) is 15.8 Å². The van der Waals surface area contributed by atoms with Crippen molar-refractivity contribution < 1.29 is 4.74 Å². The van der Waals surface area contributed by atoms with Gasteiger partial charge in [0, 0.05) is 34.3 Å². The molecule has 4 aromatic heterocycles. The molecule has 0 radical (unpaired) electrons. The zero-order chi connectivity index (χ0) is 20.1. The van der Waals surface area contributed by atoms with Crippen molar-refractivity contribution in [2.24, 2.45) is 0 Å². The fourth-order valence-electron chi connectivity index (χ4n) is 3.44. The second kappa shape index (κ2) is 6.85. The molecule has 0 saturated carbocycles. The molecule has 29 heavy (non-hydrogen) atoms. The topological polar surface area (TPSA) is 73.8 Å². The van der Waals surface area contributed by atoms with Crippen LogP contribution in [0.25, 0.3) is 21.5 Å². The van der Waals surface area contributed by atoms with Crippen LogP contribution in [0, 0.1) is 13.8 Å². The maximum Gasteiger partial charge on any atom is 0.258 e. The zero-order valence-corrected chi connectivity index (χ0v) is 17.7. The first kappa shape index (κ1) is 18.1. The van der Waals surface area contributed by atoms with Gasteiger partial charge in [-0.05, 0) is 37.6 Å². The highest BCUT2D eigenvalue weighted by molar-refractivity contribution is 7.98. The Morgan fingerprint density at radius 1 is 1.14 bits per heavy atom. The summed E-state index contributed by atoms with van der Waals surface area (Å²) < 4.78 is 9.06. The molecule has 146 valence electrons. The summed E-state index contributed by atoms with van der Waals surface area (Å²) in [6.45, 7) is 3.97. The lowest BCUT2D eigenvalue weighted by atomic mass is 10.1. The van der Waals surface area contributed by atoms with Gasteiger partial charge in [-0.2, -0.15) is 0 Å². The molecule has 0 atom stereocenters. The minimum Gasteiger partial charge on any atom is -0.497 e. The summed E-state index contributed by atoms with van der Waals surface area (Å²) in [6.07, 6.45) is 0. The van der Waals surface area contributed by atoms with E-state index in [9.17, 15) is 4.79 Å². The van der Waals surface area contributed by atoms with Crippen LogP contribution in [0.1, 0.15) is 17.0 Å². The molecule has 0 aliphatic heterocycles. The van der Waals surface area contributed by atoms with E-state index in [1.807, 2.05) is 41.0 Å². The maximum absolute atomic E-state index is 12.4. The molecule has 0 bridgehead atoms. The Morgan fingerprint density at radius 2 is 2.00 bits per heavy atom. The van der Waals surface area contributed by atoms with Crippen LogP contribution in [0.5, 0.6) is 5.75 Å². The summed E-state index contributed by atoms with van der Waals surface area (Å²) in [6, 6.07) is 9.61. The van der Waals surface area contributed by atoms with E-state index in [1.54, 1.807) is 17.6 Å². The molecule has 1 aromatic carbocycles. The Labute approximate surface area is 174 Å². The van der Waals surface area contributed by atoms with Crippen LogP contribution in [0.4, 0.5) is 0 Å². The molecule has 0 unspecified atom stereocenters. The van der Waals surface area contributed by atoms with E-state index in [1.165, 1.54) is 23.1 Å². The number of fused-ring (bicyclic) bond motifs is 4. The van der Waals surface area contributed by atoms with E-state index in [0.29, 0.717) is 10.7 Å². The van der Waals surface area contributed by atoms with E-state index in [0.717, 1.165) is 44.4 Å². The normalized spacial score (nSPS) is 11.7. The lowest BCUT2D eigenvalue weighted by Crippen LogP contribution is -2.14. The average Bonchev–Trinajstić information content (AvgIpc) is 3.29. The molecule has 0 aliphatic carbocycles. The van der Waals surface area contributed by atoms with Crippen molar-refractivity contribution in [2.75, 3.05) is 7.11 Å². The minimum atomic E-state index is -0.0544. The third kappa shape index (κ3) is 2.97. The third-order valence-corrected chi connectivity index (χ3v) is 6.76. The Morgan fingerprint density at radius 3 is 2.83 bits per heavy atom. The van der Waals surface area contributed by atoms with E-state index >= 15 is 0 Å². The number of aryl methyl sites for hydroxylation is 2. The van der Waals surface area contributed by atoms with Crippen LogP contribution in [0.3, 0.4) is 0 Å². The first-order chi connectivity index (χ1) is 14.0. The average molecular weight is 424 g/mol. The van der Waals surface area contributed by atoms with Gasteiger partial charge in [0.1, 0.15) is 5.75 Å². The van der Waals surface area contributed by atoms with Crippen LogP contribution in [-0.4, -0.2) is 31.1 Å². The second-order valence-corrected chi connectivity index (χ2v) is 8.54. The number of aromatic nitrogens is 5. The van der Waals surface area contributed by atoms with Gasteiger partial charge in [-0.3, -0.25) is 13.6 Å². The van der Waals surface area contributed by atoms with Gasteiger partial charge in [-0.15, -0.1) is 21.5 Å². The van der Waals surface area contributed by atoms with Crippen LogP contribution in [0.15, 0.2) is 45.7 Å². The molecule has 5 rings (SSSR count). The third-order valence-electron chi connectivity index (χ3n) is 4.85. The number of rotatable bonds is 4. The predicted molar refractivity (Wildman–Crippen MR) is 115 cm³/mol. The first-order valence-electron chi connectivity index (χ1n) is 8.97. The quantitative estimate of drug-likeness (QED) is 0.409. The molecule has 9 heteroatoms. The molecule has 4 heterocycles. The van der Waals surface area contributed by atoms with Crippen molar-refractivity contribution in [1.82, 2.24) is 24.0 Å². The molecular formula is C20H17N5O2S2. The van der Waals surface area contributed by atoms with Gasteiger partial charge in [0.2, 0.25) is 0 Å². The molecule has 7 nitrogen and oxygen atoms in total. The maximum atomic E-state index is 12.4. The van der Waals surface area contributed by atoms with Crippen molar-refractivity contribution in [3.8, 4) is 5.75 Å². The smallest absolute Gasteiger partial charge is 0.258 e. The van der Waals surface area contributed by atoms with Crippen LogP contribution < -0.4 is 10.3 Å². The van der Waals surface area contributed by atoms with Crippen molar-refractivity contribution in [1.29, 1.82) is 0 Å². The van der Waals surface area contributed by atoms with Gasteiger partial charge in [-0.25, -0.2) is 4.98 Å². The fourth-order valence-corrected chi connectivity index (χ4v) is 5.17. The number of hydrogen-bond donors (Lipinski definition) is 0. The van der Waals surface area contributed by atoms with Gasteiger partial charge >= 0.3 is 0 Å². The summed E-state index contributed by atoms with van der Waals surface area (Å²) in [5, 5.41) is 12.5. The minimum absolute atomic E-state index is 0.0544. The molecule has 0 aliphatic rings. The molecule has 5 aromatic rings. The van der Waals surface area contributed by atoms with Crippen molar-refractivity contribution in [3.05, 3.63) is 63.0 Å². The number of benzene rings is 1. The van der Waals surface area contributed by atoms with Crippen LogP contribution >= 0.6 is 23.1 Å². The Bertz CT molecular complexity index is 1450. The number of ether oxygens (including phenoxy) is 1. The Kier molecular flexibility index (Phi) is 4.29. The van der Waals surface area contributed by atoms with Crippen LogP contribution in [-0.2, 0) is 5.75 Å². The van der Waals surface area contributed by atoms with Gasteiger partial charge in [0.05, 0.1) is 18.3 Å². The Hall–Kier alpha value is -2.91. The summed E-state index contributed by atoms with van der Waals surface area (Å²) >= 11 is 2.98. The molecule has 0 saturated heterocycles. The molecule has 0 amide bonds. The number of thioether (sulfide) groups is 1. The summed E-state index contributed by atoms with van der Waals surface area (Å²) in [5.74, 6) is 1.31. The predicted octanol–water partition coefficient (Wildman–Crippen LogP) is 3.87. The Balaban J connectivity index is 1.57. The van der Waals surface area contributed by atoms with Crippen LogP contribution in [0.2, 0.25) is 0 Å². The van der Waals surface area contributed by atoms with Crippen molar-refractivity contribution in [3.63, 3.8) is 0 Å². The highest BCUT2D eigenvalue weighted by Crippen LogP contribution is 2.29. The highest BCUT2D eigenvalue weighted by atomic mass is 32.2. The SMILES string of the molecule is COc1ccc2c(C)cc3nnc(SCc4cc(=O)n5c(C)csc5n4)n3c2c1. The molecule has 0 spiro atoms. The zero-order valence-electron chi connectivity index (χ0n) is 16.0. The number of hydrogen-bond acceptors (Lipinski definition) is 7. The number of thiazole rings is 1. The fraction of sp³-hybridized carbons (Fsp3) is 0.200. The highest BCUT2D eigenvalue weighted by Gasteiger charge is 2.14. The van der Waals surface area contributed by atoms with Gasteiger partial charge in [0.25, 0.3) is 5.56 Å². The lowest BCUT2D eigenvalue weighted by molar-refractivity contribution is 0.415. The largest absolute Gasteiger partial charge is 0.497 e. The second-order valence-electron chi connectivity index (χ2n) is 6.76. The summed E-state index contributed by atoms with van der Waals surface area (Å²) in [5.41, 5.74) is 4.48. The standard InChI is InChI=1S/C20H17N5O2S2/c1-11-6-17-22-23-20(25(17)16-8-14(27-3)4-5-15(11)16)29-10-13-7-18(26)24-12(2)9-28-19(24)21-13/h4-9H,10H2,1-3H3. The number of nitrogens with zero attached hydrogens (tertiary/aromatic N) is 5. The van der Waals surface area contributed by atoms with Crippen molar-refractivity contribution in [2.45, 2.75) is 24.8 Å². The molecule has 0 fully saturated rings. The van der Waals surface area contributed by atoms with Gasteiger partial charge < -0.3 is 4.74 Å². The van der Waals surface area contributed by atoms with Crippen molar-refractivity contribution >= 4 is 44.6 Å². The van der Waals surface area contributed by atoms with E-state index in [2.05, 4.69) is 22.1 Å². The molecular weight excluding hydrogens is 406 g/mol. The van der Waals surface area contributed by atoms with E-state index in [-0.39, 0.29) is 5.56 Å².